The second-order valence-electron chi connectivity index (χ2n) is 5.37. The molecule has 2 heterocycles. The maximum absolute atomic E-state index is 12.9. The number of benzene rings is 1. The molecule has 1 aliphatic heterocycles. The van der Waals surface area contributed by atoms with Gasteiger partial charge in [-0.05, 0) is 24.3 Å². The second kappa shape index (κ2) is 7.36. The number of halogens is 2. The molecular weight excluding hydrogens is 355 g/mol. The molecule has 24 heavy (non-hydrogen) atoms. The molecule has 2 aromatic rings. The quantitative estimate of drug-likeness (QED) is 0.767. The van der Waals surface area contributed by atoms with Gasteiger partial charge in [-0.1, -0.05) is 22.9 Å². The summed E-state index contributed by atoms with van der Waals surface area (Å²) in [6.07, 6.45) is 1.69. The van der Waals surface area contributed by atoms with E-state index in [9.17, 15) is 9.18 Å². The Morgan fingerprint density at radius 1 is 1.33 bits per heavy atom. The van der Waals surface area contributed by atoms with E-state index in [0.29, 0.717) is 15.8 Å². The summed E-state index contributed by atoms with van der Waals surface area (Å²) < 4.78 is 23.5. The van der Waals surface area contributed by atoms with Gasteiger partial charge >= 0.3 is 5.97 Å². The second-order valence-corrected chi connectivity index (χ2v) is 6.70. The SMILES string of the molecule is COC(=O)c1sc(N2CCC(Oc3ccc(F)cc3)CC2)nc1Cl. The van der Waals surface area contributed by atoms with Crippen LogP contribution >= 0.6 is 22.9 Å². The monoisotopic (exact) mass is 370 g/mol. The topological polar surface area (TPSA) is 51.7 Å². The molecule has 0 amide bonds. The van der Waals surface area contributed by atoms with Gasteiger partial charge in [-0.2, -0.15) is 0 Å². The standard InChI is InChI=1S/C16H16ClFN2O3S/c1-22-15(21)13-14(17)19-16(24-13)20-8-6-12(7-9-20)23-11-4-2-10(18)3-5-11/h2-5,12H,6-9H2,1H3. The lowest BCUT2D eigenvalue weighted by Gasteiger charge is -2.31. The first kappa shape index (κ1) is 17.0. The third kappa shape index (κ3) is 3.79. The minimum absolute atomic E-state index is 0.0715. The van der Waals surface area contributed by atoms with Crippen LogP contribution in [0.15, 0.2) is 24.3 Å². The van der Waals surface area contributed by atoms with Gasteiger partial charge in [-0.15, -0.1) is 0 Å². The van der Waals surface area contributed by atoms with E-state index in [2.05, 4.69) is 9.88 Å². The van der Waals surface area contributed by atoms with Crippen molar-refractivity contribution in [3.8, 4) is 5.75 Å². The van der Waals surface area contributed by atoms with Crippen LogP contribution in [0.2, 0.25) is 5.15 Å². The van der Waals surface area contributed by atoms with Crippen LogP contribution in [0.4, 0.5) is 9.52 Å². The van der Waals surface area contributed by atoms with E-state index in [0.717, 1.165) is 25.9 Å². The summed E-state index contributed by atoms with van der Waals surface area (Å²) in [7, 11) is 1.32. The molecule has 1 aromatic carbocycles. The minimum Gasteiger partial charge on any atom is -0.490 e. The lowest BCUT2D eigenvalue weighted by atomic mass is 10.1. The number of aromatic nitrogens is 1. The van der Waals surface area contributed by atoms with Crippen molar-refractivity contribution in [1.82, 2.24) is 4.98 Å². The van der Waals surface area contributed by atoms with Gasteiger partial charge in [0.15, 0.2) is 15.2 Å². The van der Waals surface area contributed by atoms with Gasteiger partial charge in [0.2, 0.25) is 0 Å². The van der Waals surface area contributed by atoms with Gasteiger partial charge in [-0.3, -0.25) is 0 Å². The smallest absolute Gasteiger partial charge is 0.351 e. The van der Waals surface area contributed by atoms with E-state index in [1.54, 1.807) is 12.1 Å². The Balaban J connectivity index is 1.59. The number of thiazole rings is 1. The maximum Gasteiger partial charge on any atom is 0.351 e. The van der Waals surface area contributed by atoms with Crippen LogP contribution in [0.1, 0.15) is 22.5 Å². The average Bonchev–Trinajstić information content (AvgIpc) is 2.99. The number of carbonyl (C=O) groups is 1. The highest BCUT2D eigenvalue weighted by Crippen LogP contribution is 2.32. The number of methoxy groups -OCH3 is 1. The van der Waals surface area contributed by atoms with Gasteiger partial charge in [0.05, 0.1) is 7.11 Å². The summed E-state index contributed by atoms with van der Waals surface area (Å²) in [6, 6.07) is 6.03. The van der Waals surface area contributed by atoms with E-state index in [1.807, 2.05) is 0 Å². The Bertz CT molecular complexity index is 715. The summed E-state index contributed by atoms with van der Waals surface area (Å²) in [4.78, 5) is 18.3. The number of rotatable bonds is 4. The highest BCUT2D eigenvalue weighted by atomic mass is 35.5. The molecule has 1 aromatic heterocycles. The Morgan fingerprint density at radius 2 is 2.00 bits per heavy atom. The Kier molecular flexibility index (Phi) is 5.20. The highest BCUT2D eigenvalue weighted by molar-refractivity contribution is 7.18. The Labute approximate surface area is 148 Å². The zero-order chi connectivity index (χ0) is 17.1. The molecule has 0 aliphatic carbocycles. The molecule has 0 unspecified atom stereocenters. The summed E-state index contributed by atoms with van der Waals surface area (Å²) in [5, 5.41) is 0.882. The molecule has 0 radical (unpaired) electrons. The van der Waals surface area contributed by atoms with Crippen molar-refractivity contribution in [3.05, 3.63) is 40.1 Å². The Hall–Kier alpha value is -1.86. The average molecular weight is 371 g/mol. The summed E-state index contributed by atoms with van der Waals surface area (Å²) in [6.45, 7) is 1.49. The van der Waals surface area contributed by atoms with E-state index in [4.69, 9.17) is 21.1 Å². The van der Waals surface area contributed by atoms with Crippen molar-refractivity contribution in [2.75, 3.05) is 25.1 Å². The van der Waals surface area contributed by atoms with Gasteiger partial charge in [0.25, 0.3) is 0 Å². The van der Waals surface area contributed by atoms with Crippen molar-refractivity contribution in [3.63, 3.8) is 0 Å². The number of hydrogen-bond donors (Lipinski definition) is 0. The number of piperidine rings is 1. The fourth-order valence-electron chi connectivity index (χ4n) is 2.52. The third-order valence-electron chi connectivity index (χ3n) is 3.77. The predicted octanol–water partition coefficient (Wildman–Crippen LogP) is 3.77. The number of nitrogens with zero attached hydrogens (tertiary/aromatic N) is 2. The minimum atomic E-state index is -0.474. The summed E-state index contributed by atoms with van der Waals surface area (Å²) in [5.41, 5.74) is 0. The van der Waals surface area contributed by atoms with Gasteiger partial charge in [0, 0.05) is 25.9 Å². The fourth-order valence-corrected chi connectivity index (χ4v) is 3.77. The van der Waals surface area contributed by atoms with Gasteiger partial charge in [-0.25, -0.2) is 14.2 Å². The first-order valence-electron chi connectivity index (χ1n) is 7.48. The molecule has 1 saturated heterocycles. The van der Waals surface area contributed by atoms with Gasteiger partial charge < -0.3 is 14.4 Å². The molecule has 128 valence electrons. The number of esters is 1. The number of anilines is 1. The number of ether oxygens (including phenoxy) is 2. The molecule has 3 rings (SSSR count). The van der Waals surface area contributed by atoms with E-state index in [1.165, 1.54) is 30.6 Å². The van der Waals surface area contributed by atoms with Crippen molar-refractivity contribution >= 4 is 34.0 Å². The number of hydrogen-bond acceptors (Lipinski definition) is 6. The molecule has 0 saturated carbocycles. The summed E-state index contributed by atoms with van der Waals surface area (Å²) >= 11 is 7.23. The van der Waals surface area contributed by atoms with Crippen LogP contribution in [0.5, 0.6) is 5.75 Å². The normalized spacial score (nSPS) is 15.4. The largest absolute Gasteiger partial charge is 0.490 e. The maximum atomic E-state index is 12.9. The van der Waals surface area contributed by atoms with Crippen LogP contribution in [0.25, 0.3) is 0 Å². The summed E-state index contributed by atoms with van der Waals surface area (Å²) in [5.74, 6) is -0.0855. The first-order chi connectivity index (χ1) is 11.6. The number of carbonyl (C=O) groups excluding carboxylic acids is 1. The van der Waals surface area contributed by atoms with Crippen LogP contribution < -0.4 is 9.64 Å². The third-order valence-corrected chi connectivity index (χ3v) is 5.26. The zero-order valence-corrected chi connectivity index (χ0v) is 14.6. The molecular formula is C16H16ClFN2O3S. The van der Waals surface area contributed by atoms with Gasteiger partial charge in [0.1, 0.15) is 17.7 Å². The molecule has 0 bridgehead atoms. The molecule has 5 nitrogen and oxygen atoms in total. The van der Waals surface area contributed by atoms with E-state index >= 15 is 0 Å². The molecule has 8 heteroatoms. The van der Waals surface area contributed by atoms with Crippen LogP contribution in [0, 0.1) is 5.82 Å². The lowest BCUT2D eigenvalue weighted by molar-refractivity contribution is 0.0606. The van der Waals surface area contributed by atoms with Crippen LogP contribution in [-0.4, -0.2) is 37.3 Å². The fraction of sp³-hybridized carbons (Fsp3) is 0.375. The van der Waals surface area contributed by atoms with Crippen molar-refractivity contribution < 1.29 is 18.7 Å². The van der Waals surface area contributed by atoms with Crippen molar-refractivity contribution in [2.45, 2.75) is 18.9 Å². The molecule has 1 fully saturated rings. The molecule has 0 atom stereocenters. The van der Waals surface area contributed by atoms with E-state index < -0.39 is 5.97 Å². The molecule has 0 spiro atoms. The van der Waals surface area contributed by atoms with Crippen molar-refractivity contribution in [2.24, 2.45) is 0 Å². The van der Waals surface area contributed by atoms with E-state index in [-0.39, 0.29) is 17.1 Å². The lowest BCUT2D eigenvalue weighted by Crippen LogP contribution is -2.38. The molecule has 1 aliphatic rings. The Morgan fingerprint density at radius 3 is 2.62 bits per heavy atom. The van der Waals surface area contributed by atoms with Crippen LogP contribution in [0.3, 0.4) is 0 Å². The first-order valence-corrected chi connectivity index (χ1v) is 8.68. The zero-order valence-electron chi connectivity index (χ0n) is 13.0. The van der Waals surface area contributed by atoms with Crippen molar-refractivity contribution in [1.29, 1.82) is 0 Å². The molecule has 0 N–H and O–H groups in total. The van der Waals surface area contributed by atoms with Crippen LogP contribution in [-0.2, 0) is 4.74 Å². The predicted molar refractivity (Wildman–Crippen MR) is 90.7 cm³/mol. The highest BCUT2D eigenvalue weighted by Gasteiger charge is 2.25.